The van der Waals surface area contributed by atoms with E-state index in [2.05, 4.69) is 33.5 Å². The molecular formula is C21H26F3N3O. The molecule has 2 aliphatic rings. The number of nitrogens with zero attached hydrogens (tertiary/aromatic N) is 2. The van der Waals surface area contributed by atoms with Gasteiger partial charge in [0.15, 0.2) is 0 Å². The van der Waals surface area contributed by atoms with Crippen molar-refractivity contribution in [2.45, 2.75) is 46.0 Å². The molecule has 1 aromatic carbocycles. The number of aryl methyl sites for hydroxylation is 3. The molecule has 152 valence electrons. The van der Waals surface area contributed by atoms with E-state index in [1.807, 2.05) is 6.07 Å². The number of piperidine rings is 1. The fourth-order valence-corrected chi connectivity index (χ4v) is 4.62. The summed E-state index contributed by atoms with van der Waals surface area (Å²) >= 11 is 0. The number of hydrogen-bond donors (Lipinski definition) is 1. The van der Waals surface area contributed by atoms with Crippen LogP contribution in [0.15, 0.2) is 24.3 Å². The number of likely N-dealkylation sites (tertiary alicyclic amines) is 1. The van der Waals surface area contributed by atoms with Crippen LogP contribution in [0.4, 0.5) is 13.2 Å². The molecule has 2 aromatic rings. The first-order valence-corrected chi connectivity index (χ1v) is 9.93. The van der Waals surface area contributed by atoms with Gasteiger partial charge >= 0.3 is 6.36 Å². The number of halogens is 3. The van der Waals surface area contributed by atoms with Crippen LogP contribution in [-0.4, -0.2) is 34.3 Å². The van der Waals surface area contributed by atoms with Crippen LogP contribution in [0.1, 0.15) is 36.1 Å². The smallest absolute Gasteiger partial charge is 0.406 e. The normalized spacial score (nSPS) is 24.4. The maximum atomic E-state index is 12.4. The number of fused-ring (bicyclic) bond motifs is 1. The molecule has 28 heavy (non-hydrogen) atoms. The van der Waals surface area contributed by atoms with Gasteiger partial charge in [0.2, 0.25) is 0 Å². The molecule has 1 aliphatic heterocycles. The molecule has 1 saturated heterocycles. The molecule has 4 rings (SSSR count). The van der Waals surface area contributed by atoms with Crippen LogP contribution in [0.3, 0.4) is 0 Å². The van der Waals surface area contributed by atoms with Gasteiger partial charge in [-0.2, -0.15) is 0 Å². The summed E-state index contributed by atoms with van der Waals surface area (Å²) in [7, 11) is 0. The van der Waals surface area contributed by atoms with E-state index in [4.69, 9.17) is 0 Å². The van der Waals surface area contributed by atoms with Crippen molar-refractivity contribution in [2.75, 3.05) is 13.1 Å². The average molecular weight is 393 g/mol. The third-order valence-electron chi connectivity index (χ3n) is 6.09. The molecule has 0 radical (unpaired) electrons. The molecule has 2 fully saturated rings. The number of alkyl halides is 3. The molecule has 1 saturated carbocycles. The van der Waals surface area contributed by atoms with E-state index in [1.165, 1.54) is 12.1 Å². The van der Waals surface area contributed by atoms with E-state index in [-0.39, 0.29) is 5.75 Å². The van der Waals surface area contributed by atoms with Gasteiger partial charge in [0.25, 0.3) is 0 Å². The summed E-state index contributed by atoms with van der Waals surface area (Å²) in [5.41, 5.74) is 3.22. The molecule has 7 heteroatoms. The SMILES string of the molecule is CCc1nc(CN2CC3C(CCc4cccc(OC(F)(F)F)c4)C3C2)c(C)[nH]1. The Balaban J connectivity index is 1.24. The Labute approximate surface area is 163 Å². The Kier molecular flexibility index (Phi) is 5.12. The first-order valence-electron chi connectivity index (χ1n) is 9.93. The van der Waals surface area contributed by atoms with Crippen molar-refractivity contribution in [1.29, 1.82) is 0 Å². The second kappa shape index (κ2) is 7.43. The molecule has 0 spiro atoms. The lowest BCUT2D eigenvalue weighted by atomic mass is 10.0. The highest BCUT2D eigenvalue weighted by Crippen LogP contribution is 2.54. The van der Waals surface area contributed by atoms with Crippen LogP contribution in [0.5, 0.6) is 5.75 Å². The zero-order valence-corrected chi connectivity index (χ0v) is 16.2. The van der Waals surface area contributed by atoms with Gasteiger partial charge < -0.3 is 9.72 Å². The van der Waals surface area contributed by atoms with Gasteiger partial charge in [0.05, 0.1) is 5.69 Å². The minimum atomic E-state index is -4.64. The van der Waals surface area contributed by atoms with Crippen LogP contribution in [0, 0.1) is 24.7 Å². The Morgan fingerprint density at radius 1 is 1.25 bits per heavy atom. The highest BCUT2D eigenvalue weighted by Gasteiger charge is 2.54. The van der Waals surface area contributed by atoms with E-state index < -0.39 is 6.36 Å². The maximum absolute atomic E-state index is 12.4. The number of aromatic amines is 1. The second-order valence-electron chi connectivity index (χ2n) is 8.03. The molecular weight excluding hydrogens is 367 g/mol. The molecule has 2 unspecified atom stereocenters. The van der Waals surface area contributed by atoms with Crippen molar-refractivity contribution < 1.29 is 17.9 Å². The summed E-state index contributed by atoms with van der Waals surface area (Å²) in [6.45, 7) is 7.28. The summed E-state index contributed by atoms with van der Waals surface area (Å²) < 4.78 is 41.1. The summed E-state index contributed by atoms with van der Waals surface area (Å²) in [5, 5.41) is 0. The first-order chi connectivity index (χ1) is 13.3. The standard InChI is InChI=1S/C21H26F3N3O/c1-3-20-25-13(2)19(26-20)12-27-10-17-16(18(17)11-27)8-7-14-5-4-6-15(9-14)28-21(22,23)24/h4-6,9,16-18H,3,7-8,10-12H2,1-2H3,(H,25,26). The lowest BCUT2D eigenvalue weighted by molar-refractivity contribution is -0.274. The number of rotatable bonds is 7. The molecule has 0 amide bonds. The fraction of sp³-hybridized carbons (Fsp3) is 0.571. The van der Waals surface area contributed by atoms with Crippen LogP contribution in [0.25, 0.3) is 0 Å². The predicted molar refractivity (Wildman–Crippen MR) is 99.9 cm³/mol. The van der Waals surface area contributed by atoms with E-state index in [0.717, 1.165) is 73.5 Å². The van der Waals surface area contributed by atoms with Gasteiger partial charge in [0, 0.05) is 31.7 Å². The van der Waals surface area contributed by atoms with Gasteiger partial charge in [-0.15, -0.1) is 13.2 Å². The number of hydrogen-bond acceptors (Lipinski definition) is 3. The Morgan fingerprint density at radius 2 is 2.00 bits per heavy atom. The number of benzene rings is 1. The van der Waals surface area contributed by atoms with Crippen molar-refractivity contribution in [2.24, 2.45) is 17.8 Å². The Hall–Kier alpha value is -2.02. The number of imidazole rings is 1. The summed E-state index contributed by atoms with van der Waals surface area (Å²) in [5.74, 6) is 3.05. The number of H-pyrrole nitrogens is 1. The zero-order chi connectivity index (χ0) is 19.9. The number of aromatic nitrogens is 2. The first kappa shape index (κ1) is 19.3. The molecule has 1 aromatic heterocycles. The lowest BCUT2D eigenvalue weighted by Crippen LogP contribution is -2.24. The second-order valence-corrected chi connectivity index (χ2v) is 8.03. The predicted octanol–water partition coefficient (Wildman–Crippen LogP) is 4.49. The molecule has 1 aliphatic carbocycles. The van der Waals surface area contributed by atoms with Crippen molar-refractivity contribution >= 4 is 0 Å². The van der Waals surface area contributed by atoms with Crippen molar-refractivity contribution in [3.8, 4) is 5.75 Å². The lowest BCUT2D eigenvalue weighted by Gasteiger charge is -2.18. The minimum Gasteiger partial charge on any atom is -0.406 e. The Bertz CT molecular complexity index is 821. The number of nitrogens with one attached hydrogen (secondary N) is 1. The van der Waals surface area contributed by atoms with Gasteiger partial charge in [-0.1, -0.05) is 19.1 Å². The zero-order valence-electron chi connectivity index (χ0n) is 16.2. The van der Waals surface area contributed by atoms with Crippen LogP contribution < -0.4 is 4.74 Å². The third-order valence-corrected chi connectivity index (χ3v) is 6.09. The van der Waals surface area contributed by atoms with Crippen molar-refractivity contribution in [3.63, 3.8) is 0 Å². The molecule has 1 N–H and O–H groups in total. The van der Waals surface area contributed by atoms with Crippen molar-refractivity contribution in [1.82, 2.24) is 14.9 Å². The van der Waals surface area contributed by atoms with Gasteiger partial charge in [0.1, 0.15) is 11.6 Å². The van der Waals surface area contributed by atoms with Crippen molar-refractivity contribution in [3.05, 3.63) is 47.0 Å². The molecule has 2 atom stereocenters. The van der Waals surface area contributed by atoms with Gasteiger partial charge in [-0.3, -0.25) is 4.90 Å². The highest BCUT2D eigenvalue weighted by molar-refractivity contribution is 5.29. The van der Waals surface area contributed by atoms with E-state index in [9.17, 15) is 13.2 Å². The summed E-state index contributed by atoms with van der Waals surface area (Å²) in [6, 6.07) is 6.35. The quantitative estimate of drug-likeness (QED) is 0.754. The average Bonchev–Trinajstić information content (AvgIpc) is 2.93. The molecule has 0 bridgehead atoms. The highest BCUT2D eigenvalue weighted by atomic mass is 19.4. The van der Waals surface area contributed by atoms with E-state index >= 15 is 0 Å². The monoisotopic (exact) mass is 393 g/mol. The molecule has 2 heterocycles. The fourth-order valence-electron chi connectivity index (χ4n) is 4.62. The number of ether oxygens (including phenoxy) is 1. The topological polar surface area (TPSA) is 41.2 Å². The molecule has 4 nitrogen and oxygen atoms in total. The van der Waals surface area contributed by atoms with Crippen LogP contribution in [-0.2, 0) is 19.4 Å². The van der Waals surface area contributed by atoms with Gasteiger partial charge in [-0.25, -0.2) is 4.98 Å². The van der Waals surface area contributed by atoms with Gasteiger partial charge in [-0.05, 0) is 55.2 Å². The summed E-state index contributed by atoms with van der Waals surface area (Å²) in [6.07, 6.45) is -1.89. The largest absolute Gasteiger partial charge is 0.573 e. The van der Waals surface area contributed by atoms with Crippen LogP contribution >= 0.6 is 0 Å². The Morgan fingerprint density at radius 3 is 2.64 bits per heavy atom. The van der Waals surface area contributed by atoms with Crippen LogP contribution in [0.2, 0.25) is 0 Å². The van der Waals surface area contributed by atoms with E-state index in [0.29, 0.717) is 5.92 Å². The summed E-state index contributed by atoms with van der Waals surface area (Å²) in [4.78, 5) is 10.5. The third kappa shape index (κ3) is 4.35. The maximum Gasteiger partial charge on any atom is 0.573 e. The minimum absolute atomic E-state index is 0.131. The van der Waals surface area contributed by atoms with E-state index in [1.54, 1.807) is 6.07 Å².